The maximum atomic E-state index is 11.8. The van der Waals surface area contributed by atoms with Gasteiger partial charge in [0, 0.05) is 29.0 Å². The average Bonchev–Trinajstić information content (AvgIpc) is 2.38. The molecule has 0 fully saturated rings. The Morgan fingerprint density at radius 1 is 1.05 bits per heavy atom. The molecule has 3 aromatic rings. The summed E-state index contributed by atoms with van der Waals surface area (Å²) in [6.07, 6.45) is 0. The van der Waals surface area contributed by atoms with Crippen molar-refractivity contribution in [2.24, 2.45) is 0 Å². The number of fused-ring (bicyclic) bond motifs is 3. The van der Waals surface area contributed by atoms with Crippen LogP contribution in [-0.2, 0) is 0 Å². The third-order valence-electron chi connectivity index (χ3n) is 2.89. The third kappa shape index (κ3) is 1.70. The van der Waals surface area contributed by atoms with E-state index in [9.17, 15) is 20.0 Å². The van der Waals surface area contributed by atoms with Gasteiger partial charge in [-0.3, -0.25) is 10.1 Å². The molecule has 3 rings (SSSR count). The van der Waals surface area contributed by atoms with E-state index in [1.54, 1.807) is 6.07 Å². The lowest BCUT2D eigenvalue weighted by Gasteiger charge is -2.02. The van der Waals surface area contributed by atoms with Crippen LogP contribution in [0.5, 0.6) is 5.75 Å². The molecule has 0 atom stereocenters. The number of nitrogens with zero attached hydrogens (tertiary/aromatic N) is 1. The van der Waals surface area contributed by atoms with Gasteiger partial charge in [0.1, 0.15) is 11.3 Å². The Hall–Kier alpha value is -2.89. The molecule has 1 aromatic heterocycles. The van der Waals surface area contributed by atoms with Crippen LogP contribution in [0.15, 0.2) is 45.6 Å². The summed E-state index contributed by atoms with van der Waals surface area (Å²) < 4.78 is 5.05. The molecule has 0 unspecified atom stereocenters. The van der Waals surface area contributed by atoms with Crippen LogP contribution in [0.1, 0.15) is 0 Å². The van der Waals surface area contributed by atoms with Crippen molar-refractivity contribution in [1.29, 1.82) is 0 Å². The van der Waals surface area contributed by atoms with E-state index in [1.807, 2.05) is 0 Å². The van der Waals surface area contributed by atoms with Gasteiger partial charge in [0.15, 0.2) is 0 Å². The van der Waals surface area contributed by atoms with Gasteiger partial charge in [-0.2, -0.15) is 0 Å². The minimum absolute atomic E-state index is 0.0167. The number of nitro groups is 1. The third-order valence-corrected chi connectivity index (χ3v) is 2.89. The number of rotatable bonds is 1. The van der Waals surface area contributed by atoms with Crippen molar-refractivity contribution < 1.29 is 14.4 Å². The van der Waals surface area contributed by atoms with Gasteiger partial charge in [0.25, 0.3) is 5.69 Å². The van der Waals surface area contributed by atoms with Gasteiger partial charge in [-0.05, 0) is 18.2 Å². The van der Waals surface area contributed by atoms with E-state index >= 15 is 0 Å². The highest BCUT2D eigenvalue weighted by Gasteiger charge is 2.12. The fraction of sp³-hybridized carbons (Fsp3) is 0. The molecule has 6 heteroatoms. The Kier molecular flexibility index (Phi) is 2.25. The predicted octanol–water partition coefficient (Wildman–Crippen LogP) is 2.56. The first-order valence-electron chi connectivity index (χ1n) is 5.40. The van der Waals surface area contributed by atoms with Crippen LogP contribution in [-0.4, -0.2) is 10.0 Å². The van der Waals surface area contributed by atoms with Crippen LogP contribution in [0.2, 0.25) is 0 Å². The first kappa shape index (κ1) is 11.2. The van der Waals surface area contributed by atoms with E-state index in [1.165, 1.54) is 30.3 Å². The van der Waals surface area contributed by atoms with Crippen molar-refractivity contribution in [3.8, 4) is 5.75 Å². The summed E-state index contributed by atoms with van der Waals surface area (Å²) in [5.74, 6) is -0.0167. The summed E-state index contributed by atoms with van der Waals surface area (Å²) in [4.78, 5) is 21.9. The second-order valence-electron chi connectivity index (χ2n) is 4.06. The van der Waals surface area contributed by atoms with E-state index in [4.69, 9.17) is 4.42 Å². The fourth-order valence-corrected chi connectivity index (χ4v) is 2.02. The standard InChI is InChI=1S/C13H7NO5/c15-8-2-4-10-9-3-1-7(14(17)18)5-11(9)13(16)19-12(10)6-8/h1-6,15H. The van der Waals surface area contributed by atoms with Gasteiger partial charge in [-0.1, -0.05) is 0 Å². The monoisotopic (exact) mass is 257 g/mol. The molecule has 0 saturated carbocycles. The largest absolute Gasteiger partial charge is 0.508 e. The maximum Gasteiger partial charge on any atom is 0.344 e. The molecule has 0 saturated heterocycles. The van der Waals surface area contributed by atoms with Crippen molar-refractivity contribution in [2.45, 2.75) is 0 Å². The van der Waals surface area contributed by atoms with Crippen molar-refractivity contribution in [2.75, 3.05) is 0 Å². The number of nitro benzene ring substituents is 1. The molecule has 94 valence electrons. The molecule has 2 aromatic carbocycles. The van der Waals surface area contributed by atoms with Gasteiger partial charge >= 0.3 is 5.63 Å². The Morgan fingerprint density at radius 2 is 1.79 bits per heavy atom. The molecule has 1 N–H and O–H groups in total. The lowest BCUT2D eigenvalue weighted by Crippen LogP contribution is -2.00. The van der Waals surface area contributed by atoms with Crippen LogP contribution in [0, 0.1) is 10.1 Å². The zero-order valence-electron chi connectivity index (χ0n) is 9.49. The molecular formula is C13H7NO5. The van der Waals surface area contributed by atoms with Gasteiger partial charge < -0.3 is 9.52 Å². The van der Waals surface area contributed by atoms with Crippen LogP contribution >= 0.6 is 0 Å². The zero-order chi connectivity index (χ0) is 13.6. The second-order valence-corrected chi connectivity index (χ2v) is 4.06. The quantitative estimate of drug-likeness (QED) is 0.313. The predicted molar refractivity (Wildman–Crippen MR) is 68.3 cm³/mol. The van der Waals surface area contributed by atoms with Crippen LogP contribution in [0.25, 0.3) is 21.7 Å². The highest BCUT2D eigenvalue weighted by molar-refractivity contribution is 6.05. The SMILES string of the molecule is O=c1oc2cc(O)ccc2c2ccc([N+](=O)[O-])cc12. The highest BCUT2D eigenvalue weighted by Crippen LogP contribution is 2.27. The van der Waals surface area contributed by atoms with E-state index in [0.717, 1.165) is 0 Å². The molecule has 1 heterocycles. The molecule has 0 spiro atoms. The first-order valence-corrected chi connectivity index (χ1v) is 5.40. The lowest BCUT2D eigenvalue weighted by molar-refractivity contribution is -0.384. The minimum Gasteiger partial charge on any atom is -0.508 e. The molecule has 0 amide bonds. The summed E-state index contributed by atoms with van der Waals surface area (Å²) in [7, 11) is 0. The maximum absolute atomic E-state index is 11.8. The van der Waals surface area contributed by atoms with Crippen molar-refractivity contribution in [1.82, 2.24) is 0 Å². The molecule has 0 bridgehead atoms. The number of hydrogen-bond donors (Lipinski definition) is 1. The number of non-ortho nitro benzene ring substituents is 1. The number of benzene rings is 2. The van der Waals surface area contributed by atoms with Crippen LogP contribution in [0.3, 0.4) is 0 Å². The van der Waals surface area contributed by atoms with Gasteiger partial charge in [-0.25, -0.2) is 4.79 Å². The molecule has 0 aliphatic rings. The Bertz CT molecular complexity index is 881. The summed E-state index contributed by atoms with van der Waals surface area (Å²) in [6, 6.07) is 8.41. The smallest absolute Gasteiger partial charge is 0.344 e. The number of phenols is 1. The molecule has 0 aliphatic heterocycles. The van der Waals surface area contributed by atoms with E-state index in [-0.39, 0.29) is 22.4 Å². The first-order chi connectivity index (χ1) is 9.06. The lowest BCUT2D eigenvalue weighted by atomic mass is 10.1. The van der Waals surface area contributed by atoms with Crippen LogP contribution in [0.4, 0.5) is 5.69 Å². The molecule has 6 nitrogen and oxygen atoms in total. The minimum atomic E-state index is -0.670. The normalized spacial score (nSPS) is 10.9. The van der Waals surface area contributed by atoms with E-state index in [0.29, 0.717) is 10.8 Å². The Morgan fingerprint density at radius 3 is 2.53 bits per heavy atom. The summed E-state index contributed by atoms with van der Waals surface area (Å²) in [5.41, 5.74) is -0.596. The average molecular weight is 257 g/mol. The topological polar surface area (TPSA) is 93.6 Å². The van der Waals surface area contributed by atoms with Crippen molar-refractivity contribution in [3.05, 3.63) is 56.9 Å². The molecule has 0 aliphatic carbocycles. The second kappa shape index (κ2) is 3.81. The number of aromatic hydroxyl groups is 1. The van der Waals surface area contributed by atoms with Gasteiger partial charge in [-0.15, -0.1) is 0 Å². The van der Waals surface area contributed by atoms with Crippen LogP contribution < -0.4 is 5.63 Å². The van der Waals surface area contributed by atoms with Crippen molar-refractivity contribution in [3.63, 3.8) is 0 Å². The molecule has 19 heavy (non-hydrogen) atoms. The summed E-state index contributed by atoms with van der Waals surface area (Å²) in [5, 5.41) is 21.4. The molecule has 0 radical (unpaired) electrons. The zero-order valence-corrected chi connectivity index (χ0v) is 9.49. The van der Waals surface area contributed by atoms with Crippen molar-refractivity contribution >= 4 is 27.4 Å². The Labute approximate surface area is 105 Å². The van der Waals surface area contributed by atoms with Gasteiger partial charge in [0.2, 0.25) is 0 Å². The summed E-state index contributed by atoms with van der Waals surface area (Å²) >= 11 is 0. The number of hydrogen-bond acceptors (Lipinski definition) is 5. The fourth-order valence-electron chi connectivity index (χ4n) is 2.02. The summed E-state index contributed by atoms with van der Waals surface area (Å²) in [6.45, 7) is 0. The number of phenolic OH excluding ortho intramolecular Hbond substituents is 1. The Balaban J connectivity index is 2.49. The molecular weight excluding hydrogens is 250 g/mol. The van der Waals surface area contributed by atoms with E-state index in [2.05, 4.69) is 0 Å². The van der Waals surface area contributed by atoms with E-state index < -0.39 is 10.5 Å². The van der Waals surface area contributed by atoms with Gasteiger partial charge in [0.05, 0.1) is 10.3 Å². The highest BCUT2D eigenvalue weighted by atomic mass is 16.6.